The highest BCUT2D eigenvalue weighted by molar-refractivity contribution is 7.17. The first-order chi connectivity index (χ1) is 13.1. The molecule has 2 aliphatic rings. The first-order valence-electron chi connectivity index (χ1n) is 9.41. The standard InChI is InChI=1S/C21H23NO4S/c1-13-6-8-15(9-7-13)22-19(23)12-26-21(24)18-10-14-11-25-17-5-3-2-4-16(17)20(14)27-18/h2-5,10,13,15H,6-9,11-12H2,1H3,(H,22,23). The number of benzene rings is 1. The molecule has 2 heterocycles. The highest BCUT2D eigenvalue weighted by Crippen LogP contribution is 2.42. The Morgan fingerprint density at radius 1 is 1.22 bits per heavy atom. The molecule has 1 saturated carbocycles. The maximum atomic E-state index is 12.4. The van der Waals surface area contributed by atoms with Gasteiger partial charge in [-0.05, 0) is 49.8 Å². The fourth-order valence-electron chi connectivity index (χ4n) is 3.68. The fraction of sp³-hybridized carbons (Fsp3) is 0.429. The smallest absolute Gasteiger partial charge is 0.348 e. The third kappa shape index (κ3) is 4.00. The second kappa shape index (κ2) is 7.72. The van der Waals surface area contributed by atoms with Gasteiger partial charge in [0.25, 0.3) is 5.91 Å². The topological polar surface area (TPSA) is 64.6 Å². The van der Waals surface area contributed by atoms with E-state index in [1.54, 1.807) is 6.07 Å². The first-order valence-corrected chi connectivity index (χ1v) is 10.2. The minimum absolute atomic E-state index is 0.204. The van der Waals surface area contributed by atoms with Crippen LogP contribution in [-0.2, 0) is 16.1 Å². The molecular formula is C21H23NO4S. The van der Waals surface area contributed by atoms with E-state index in [0.717, 1.165) is 53.4 Å². The van der Waals surface area contributed by atoms with Crippen molar-refractivity contribution in [1.29, 1.82) is 0 Å². The number of fused-ring (bicyclic) bond motifs is 3. The van der Waals surface area contributed by atoms with Gasteiger partial charge in [0.15, 0.2) is 6.61 Å². The maximum Gasteiger partial charge on any atom is 0.348 e. The molecule has 0 saturated heterocycles. The summed E-state index contributed by atoms with van der Waals surface area (Å²) >= 11 is 1.39. The molecule has 0 unspecified atom stereocenters. The summed E-state index contributed by atoms with van der Waals surface area (Å²) in [5, 5.41) is 2.98. The van der Waals surface area contributed by atoms with Crippen LogP contribution in [0.25, 0.3) is 10.4 Å². The van der Waals surface area contributed by atoms with Gasteiger partial charge >= 0.3 is 5.97 Å². The van der Waals surface area contributed by atoms with Crippen LogP contribution in [0, 0.1) is 5.92 Å². The van der Waals surface area contributed by atoms with E-state index in [1.807, 2.05) is 24.3 Å². The summed E-state index contributed by atoms with van der Waals surface area (Å²) in [5.74, 6) is 0.875. The molecule has 142 valence electrons. The number of rotatable bonds is 4. The Kier molecular flexibility index (Phi) is 5.16. The molecule has 6 heteroatoms. The molecule has 0 spiro atoms. The van der Waals surface area contributed by atoms with Crippen molar-refractivity contribution in [3.8, 4) is 16.2 Å². The highest BCUT2D eigenvalue weighted by Gasteiger charge is 2.24. The lowest BCUT2D eigenvalue weighted by Crippen LogP contribution is -2.39. The molecule has 0 bridgehead atoms. The predicted octanol–water partition coefficient (Wildman–Crippen LogP) is 4.16. The number of para-hydroxylation sites is 1. The van der Waals surface area contributed by atoms with Gasteiger partial charge in [0.05, 0.1) is 0 Å². The molecule has 5 nitrogen and oxygen atoms in total. The van der Waals surface area contributed by atoms with Crippen LogP contribution < -0.4 is 10.1 Å². The first kappa shape index (κ1) is 18.0. The molecule has 1 N–H and O–H groups in total. The van der Waals surface area contributed by atoms with Gasteiger partial charge in [0.2, 0.25) is 0 Å². The molecule has 1 aromatic carbocycles. The molecule has 0 atom stereocenters. The lowest BCUT2D eigenvalue weighted by molar-refractivity contribution is -0.125. The summed E-state index contributed by atoms with van der Waals surface area (Å²) in [7, 11) is 0. The molecular weight excluding hydrogens is 362 g/mol. The van der Waals surface area contributed by atoms with E-state index in [2.05, 4.69) is 12.2 Å². The molecule has 2 aromatic rings. The Bertz CT molecular complexity index is 852. The van der Waals surface area contributed by atoms with Crippen molar-refractivity contribution in [2.75, 3.05) is 6.61 Å². The fourth-order valence-corrected chi connectivity index (χ4v) is 4.77. The Balaban J connectivity index is 1.35. The van der Waals surface area contributed by atoms with E-state index in [4.69, 9.17) is 9.47 Å². The zero-order valence-corrected chi connectivity index (χ0v) is 16.1. The summed E-state index contributed by atoms with van der Waals surface area (Å²) in [6, 6.07) is 9.79. The molecule has 1 amide bonds. The van der Waals surface area contributed by atoms with Gasteiger partial charge < -0.3 is 14.8 Å². The van der Waals surface area contributed by atoms with Crippen molar-refractivity contribution in [2.24, 2.45) is 5.92 Å². The van der Waals surface area contributed by atoms with Crippen LogP contribution in [0.3, 0.4) is 0 Å². The number of ether oxygens (including phenoxy) is 2. The number of hydrogen-bond acceptors (Lipinski definition) is 5. The molecule has 0 radical (unpaired) electrons. The number of nitrogens with one attached hydrogen (secondary N) is 1. The van der Waals surface area contributed by atoms with E-state index in [1.165, 1.54) is 11.3 Å². The Labute approximate surface area is 162 Å². The molecule has 27 heavy (non-hydrogen) atoms. The number of esters is 1. The lowest BCUT2D eigenvalue weighted by Gasteiger charge is -2.26. The van der Waals surface area contributed by atoms with Crippen molar-refractivity contribution in [1.82, 2.24) is 5.32 Å². The van der Waals surface area contributed by atoms with Gasteiger partial charge in [-0.1, -0.05) is 19.1 Å². The van der Waals surface area contributed by atoms with Gasteiger partial charge in [0.1, 0.15) is 17.2 Å². The zero-order chi connectivity index (χ0) is 18.8. The van der Waals surface area contributed by atoms with Crippen molar-refractivity contribution >= 4 is 23.2 Å². The highest BCUT2D eigenvalue weighted by atomic mass is 32.1. The van der Waals surface area contributed by atoms with E-state index in [9.17, 15) is 9.59 Å². The van der Waals surface area contributed by atoms with Crippen molar-refractivity contribution in [3.05, 3.63) is 40.8 Å². The molecule has 1 aliphatic heterocycles. The van der Waals surface area contributed by atoms with E-state index >= 15 is 0 Å². The predicted molar refractivity (Wildman–Crippen MR) is 104 cm³/mol. The summed E-state index contributed by atoms with van der Waals surface area (Å²) in [6.45, 7) is 2.45. The van der Waals surface area contributed by atoms with E-state index < -0.39 is 5.97 Å². The Morgan fingerprint density at radius 3 is 2.81 bits per heavy atom. The van der Waals surface area contributed by atoms with Crippen LogP contribution in [0.15, 0.2) is 30.3 Å². The third-order valence-electron chi connectivity index (χ3n) is 5.24. The van der Waals surface area contributed by atoms with E-state index in [0.29, 0.717) is 11.5 Å². The number of carbonyl (C=O) groups is 2. The summed E-state index contributed by atoms with van der Waals surface area (Å²) < 4.78 is 11.0. The average Bonchev–Trinajstić information content (AvgIpc) is 3.13. The lowest BCUT2D eigenvalue weighted by atomic mass is 9.87. The quantitative estimate of drug-likeness (QED) is 0.803. The normalized spacial score (nSPS) is 20.8. The Hall–Kier alpha value is -2.34. The SMILES string of the molecule is CC1CCC(NC(=O)COC(=O)c2cc3c(s2)-c2ccccc2OC3)CC1. The average molecular weight is 385 g/mol. The largest absolute Gasteiger partial charge is 0.488 e. The minimum Gasteiger partial charge on any atom is -0.488 e. The van der Waals surface area contributed by atoms with Gasteiger partial charge in [-0.3, -0.25) is 4.79 Å². The molecule has 1 aliphatic carbocycles. The Morgan fingerprint density at radius 2 is 2.00 bits per heavy atom. The van der Waals surface area contributed by atoms with Crippen LogP contribution in [0.1, 0.15) is 47.8 Å². The monoisotopic (exact) mass is 385 g/mol. The molecule has 1 aromatic heterocycles. The van der Waals surface area contributed by atoms with Gasteiger partial charge in [-0.15, -0.1) is 11.3 Å². The van der Waals surface area contributed by atoms with Gasteiger partial charge in [-0.25, -0.2) is 4.79 Å². The number of carbonyl (C=O) groups excluding carboxylic acids is 2. The molecule has 1 fully saturated rings. The van der Waals surface area contributed by atoms with Crippen molar-refractivity contribution in [3.63, 3.8) is 0 Å². The number of hydrogen-bond donors (Lipinski definition) is 1. The zero-order valence-electron chi connectivity index (χ0n) is 15.3. The van der Waals surface area contributed by atoms with Crippen molar-refractivity contribution in [2.45, 2.75) is 45.3 Å². The number of amides is 1. The maximum absolute atomic E-state index is 12.4. The second-order valence-corrected chi connectivity index (χ2v) is 8.40. The van der Waals surface area contributed by atoms with Gasteiger partial charge in [-0.2, -0.15) is 0 Å². The summed E-state index contributed by atoms with van der Waals surface area (Å²) in [6.07, 6.45) is 4.26. The van der Waals surface area contributed by atoms with Crippen LogP contribution in [0.2, 0.25) is 0 Å². The van der Waals surface area contributed by atoms with Crippen LogP contribution in [0.4, 0.5) is 0 Å². The van der Waals surface area contributed by atoms with E-state index in [-0.39, 0.29) is 18.6 Å². The van der Waals surface area contributed by atoms with Crippen LogP contribution >= 0.6 is 11.3 Å². The summed E-state index contributed by atoms with van der Waals surface area (Å²) in [4.78, 5) is 26.0. The minimum atomic E-state index is -0.459. The van der Waals surface area contributed by atoms with Crippen LogP contribution in [0.5, 0.6) is 5.75 Å². The summed E-state index contributed by atoms with van der Waals surface area (Å²) in [5.41, 5.74) is 1.97. The number of thiophene rings is 1. The van der Waals surface area contributed by atoms with Gasteiger partial charge in [0, 0.05) is 22.0 Å². The second-order valence-electron chi connectivity index (χ2n) is 7.35. The third-order valence-corrected chi connectivity index (χ3v) is 6.43. The van der Waals surface area contributed by atoms with Crippen molar-refractivity contribution < 1.29 is 19.1 Å². The molecule has 4 rings (SSSR count). The van der Waals surface area contributed by atoms with Crippen LogP contribution in [-0.4, -0.2) is 24.5 Å².